The van der Waals surface area contributed by atoms with E-state index in [0.29, 0.717) is 10.2 Å². The smallest absolute Gasteiger partial charge is 0.317 e. The molecule has 1 rings (SSSR count). The van der Waals surface area contributed by atoms with Crippen LogP contribution < -0.4 is 0 Å². The normalized spacial score (nSPS) is 11.9. The molecule has 0 aromatic heterocycles. The molecule has 0 spiro atoms. The summed E-state index contributed by atoms with van der Waals surface area (Å²) in [5, 5.41) is 8.63. The van der Waals surface area contributed by atoms with Gasteiger partial charge in [-0.05, 0) is 41.7 Å². The van der Waals surface area contributed by atoms with Crippen molar-refractivity contribution in [3.05, 3.63) is 45.8 Å². The van der Waals surface area contributed by atoms with Crippen molar-refractivity contribution in [3.8, 4) is 6.07 Å². The molecule has 0 unspecified atom stereocenters. The first-order valence-electron chi connectivity index (χ1n) is 5.29. The highest BCUT2D eigenvalue weighted by Gasteiger charge is 2.06. The maximum Gasteiger partial charge on any atom is 0.317 e. The average Bonchev–Trinajstić information content (AvgIpc) is 2.43. The van der Waals surface area contributed by atoms with Crippen molar-refractivity contribution >= 4 is 28.7 Å². The summed E-state index contributed by atoms with van der Waals surface area (Å²) in [7, 11) is 0. The Kier molecular flexibility index (Phi) is 5.90. The molecule has 4 nitrogen and oxygen atoms in total. The molecule has 0 radical (unpaired) electrons. The second kappa shape index (κ2) is 7.44. The molecule has 0 heterocycles. The van der Waals surface area contributed by atoms with Gasteiger partial charge in [-0.3, -0.25) is 0 Å². The Hall–Kier alpha value is -2.00. The van der Waals surface area contributed by atoms with Crippen molar-refractivity contribution < 1.29 is 9.13 Å². The highest BCUT2D eigenvalue weighted by Crippen LogP contribution is 2.12. The number of rotatable bonds is 3. The van der Waals surface area contributed by atoms with E-state index in [2.05, 4.69) is 32.6 Å². The summed E-state index contributed by atoms with van der Waals surface area (Å²) in [6.45, 7) is 5.06. The van der Waals surface area contributed by atoms with E-state index in [0.717, 1.165) is 6.07 Å². The van der Waals surface area contributed by atoms with Gasteiger partial charge in [0.1, 0.15) is 17.0 Å². The lowest BCUT2D eigenvalue weighted by Gasteiger charge is -2.06. The van der Waals surface area contributed by atoms with Gasteiger partial charge in [0.2, 0.25) is 0 Å². The molecule has 0 amide bonds. The first kappa shape index (κ1) is 15.1. The Morgan fingerprint density at radius 2 is 2.37 bits per heavy atom. The summed E-state index contributed by atoms with van der Waals surface area (Å²) in [6.07, 6.45) is 1.71. The molecule has 0 N–H and O–H groups in total. The van der Waals surface area contributed by atoms with Crippen molar-refractivity contribution in [2.24, 2.45) is 9.98 Å². The average molecular weight is 324 g/mol. The van der Waals surface area contributed by atoms with Gasteiger partial charge in [0.05, 0.1) is 11.6 Å². The van der Waals surface area contributed by atoms with Gasteiger partial charge in [-0.2, -0.15) is 10.3 Å². The lowest BCUT2D eigenvalue weighted by atomic mass is 10.1. The number of halogens is 2. The second-order valence-corrected chi connectivity index (χ2v) is 4.18. The molecule has 0 aliphatic carbocycles. The van der Waals surface area contributed by atoms with Crippen molar-refractivity contribution in [2.45, 2.75) is 13.5 Å². The van der Waals surface area contributed by atoms with Gasteiger partial charge in [0, 0.05) is 5.56 Å². The predicted molar refractivity (Wildman–Crippen MR) is 75.6 cm³/mol. The molecule has 19 heavy (non-hydrogen) atoms. The van der Waals surface area contributed by atoms with E-state index in [1.54, 1.807) is 13.0 Å². The van der Waals surface area contributed by atoms with Crippen LogP contribution in [0.5, 0.6) is 0 Å². The summed E-state index contributed by atoms with van der Waals surface area (Å²) in [4.78, 5) is 7.55. The third-order valence-corrected chi connectivity index (χ3v) is 2.75. The zero-order valence-electron chi connectivity index (χ0n) is 10.2. The molecule has 0 saturated heterocycles. The first-order valence-corrected chi connectivity index (χ1v) is 6.08. The Labute approximate surface area is 119 Å². The molecule has 6 heteroatoms. The van der Waals surface area contributed by atoms with Gasteiger partial charge >= 0.3 is 6.02 Å². The fraction of sp³-hybridized carbons (Fsp3) is 0.154. The Bertz CT molecular complexity index is 576. The minimum absolute atomic E-state index is 0.0359. The number of hydrogen-bond acceptors (Lipinski definition) is 3. The topological polar surface area (TPSA) is 57.7 Å². The molecule has 0 saturated carbocycles. The number of allylic oxidation sites excluding steroid dienone is 1. The van der Waals surface area contributed by atoms with Crippen LogP contribution >= 0.6 is 15.9 Å². The summed E-state index contributed by atoms with van der Waals surface area (Å²) < 4.78 is 19.4. The van der Waals surface area contributed by atoms with Gasteiger partial charge < -0.3 is 4.74 Å². The van der Waals surface area contributed by atoms with Crippen molar-refractivity contribution in [2.75, 3.05) is 0 Å². The minimum Gasteiger partial charge on any atom is -0.458 e. The standard InChI is InChI=1S/C13H11BrFN3O/c1-3-12(14)18-13(17-2)19-8-10-5-4-9(7-16)6-11(10)15/h3-6H,2,8H2,1H3/b12-3-,18-13+. The summed E-state index contributed by atoms with van der Waals surface area (Å²) >= 11 is 3.17. The SMILES string of the molecule is C=N/C(=N\C(Br)=C/C)OCc1ccc(C#N)cc1F. The number of aliphatic imine (C=N–C) groups is 2. The fourth-order valence-electron chi connectivity index (χ4n) is 1.15. The number of hydrogen-bond donors (Lipinski definition) is 0. The van der Waals surface area contributed by atoms with Crippen LogP contribution in [0.3, 0.4) is 0 Å². The molecule has 0 aliphatic rings. The number of nitrogens with zero attached hydrogens (tertiary/aromatic N) is 3. The van der Waals surface area contributed by atoms with Crippen LogP contribution in [-0.4, -0.2) is 12.7 Å². The van der Waals surface area contributed by atoms with Crippen LogP contribution in [0.4, 0.5) is 4.39 Å². The van der Waals surface area contributed by atoms with E-state index in [9.17, 15) is 4.39 Å². The Balaban J connectivity index is 2.79. The number of ether oxygens (including phenoxy) is 1. The van der Waals surface area contributed by atoms with E-state index in [1.807, 2.05) is 6.07 Å². The maximum absolute atomic E-state index is 13.6. The third-order valence-electron chi connectivity index (χ3n) is 2.11. The van der Waals surface area contributed by atoms with Crippen LogP contribution in [0.2, 0.25) is 0 Å². The molecular weight excluding hydrogens is 313 g/mol. The Morgan fingerprint density at radius 1 is 1.63 bits per heavy atom. The number of amidine groups is 1. The first-order chi connectivity index (χ1) is 9.10. The molecule has 0 atom stereocenters. The molecule has 0 aliphatic heterocycles. The molecule has 1 aromatic carbocycles. The second-order valence-electron chi connectivity index (χ2n) is 3.37. The molecular formula is C13H11BrFN3O. The molecule has 0 fully saturated rings. The quantitative estimate of drug-likeness (QED) is 0.485. The van der Waals surface area contributed by atoms with E-state index in [4.69, 9.17) is 10.00 Å². The molecule has 98 valence electrons. The highest BCUT2D eigenvalue weighted by molar-refractivity contribution is 9.11. The maximum atomic E-state index is 13.6. The van der Waals surface area contributed by atoms with Crippen LogP contribution in [0.25, 0.3) is 0 Å². The van der Waals surface area contributed by atoms with E-state index >= 15 is 0 Å². The van der Waals surface area contributed by atoms with Gasteiger partial charge in [-0.1, -0.05) is 12.1 Å². The lowest BCUT2D eigenvalue weighted by molar-refractivity contribution is 0.282. The minimum atomic E-state index is -0.507. The van der Waals surface area contributed by atoms with Crippen LogP contribution in [-0.2, 0) is 11.3 Å². The van der Waals surface area contributed by atoms with E-state index in [1.165, 1.54) is 12.1 Å². The molecule has 0 bridgehead atoms. The summed E-state index contributed by atoms with van der Waals surface area (Å²) in [5.74, 6) is -0.507. The summed E-state index contributed by atoms with van der Waals surface area (Å²) in [5.41, 5.74) is 0.570. The van der Waals surface area contributed by atoms with Crippen LogP contribution in [0.1, 0.15) is 18.1 Å². The van der Waals surface area contributed by atoms with Crippen molar-refractivity contribution in [1.82, 2.24) is 0 Å². The highest BCUT2D eigenvalue weighted by atomic mass is 79.9. The van der Waals surface area contributed by atoms with Gasteiger partial charge in [-0.25, -0.2) is 9.38 Å². The largest absolute Gasteiger partial charge is 0.458 e. The van der Waals surface area contributed by atoms with Crippen LogP contribution in [0, 0.1) is 17.1 Å². The van der Waals surface area contributed by atoms with Gasteiger partial charge in [-0.15, -0.1) is 0 Å². The summed E-state index contributed by atoms with van der Waals surface area (Å²) in [6, 6.07) is 6.05. The van der Waals surface area contributed by atoms with E-state index in [-0.39, 0.29) is 18.2 Å². The van der Waals surface area contributed by atoms with Crippen LogP contribution in [0.15, 0.2) is 38.9 Å². The molecule has 1 aromatic rings. The Morgan fingerprint density at radius 3 is 2.89 bits per heavy atom. The van der Waals surface area contributed by atoms with Crippen molar-refractivity contribution in [1.29, 1.82) is 5.26 Å². The van der Waals surface area contributed by atoms with E-state index < -0.39 is 5.82 Å². The zero-order valence-corrected chi connectivity index (χ0v) is 11.8. The number of nitriles is 1. The monoisotopic (exact) mass is 323 g/mol. The zero-order chi connectivity index (χ0) is 14.3. The third kappa shape index (κ3) is 4.64. The lowest BCUT2D eigenvalue weighted by Crippen LogP contribution is -2.03. The number of benzene rings is 1. The predicted octanol–water partition coefficient (Wildman–Crippen LogP) is 3.53. The van der Waals surface area contributed by atoms with Gasteiger partial charge in [0.15, 0.2) is 0 Å². The van der Waals surface area contributed by atoms with Gasteiger partial charge in [0.25, 0.3) is 0 Å². The fourth-order valence-corrected chi connectivity index (χ4v) is 1.30. The van der Waals surface area contributed by atoms with Crippen molar-refractivity contribution in [3.63, 3.8) is 0 Å².